The molecule has 0 aromatic rings. The minimum atomic E-state index is 0.676. The molecule has 0 aliphatic heterocycles. The monoisotopic (exact) mass is 169 g/mol. The van der Waals surface area contributed by atoms with Gasteiger partial charge in [0, 0.05) is 12.1 Å². The van der Waals surface area contributed by atoms with Gasteiger partial charge >= 0.3 is 0 Å². The highest BCUT2D eigenvalue weighted by molar-refractivity contribution is 4.82. The molecule has 0 amide bonds. The van der Waals surface area contributed by atoms with Crippen molar-refractivity contribution in [3.63, 3.8) is 0 Å². The van der Waals surface area contributed by atoms with E-state index in [1.807, 2.05) is 0 Å². The molecule has 1 rings (SSSR count). The summed E-state index contributed by atoms with van der Waals surface area (Å²) in [6, 6.07) is 1.47. The number of hydrogen-bond donors (Lipinski definition) is 1. The predicted octanol–water partition coefficient (Wildman–Crippen LogP) is 2.81. The first kappa shape index (κ1) is 10.0. The Balaban J connectivity index is 2.30. The number of hydrogen-bond acceptors (Lipinski definition) is 1. The van der Waals surface area contributed by atoms with Gasteiger partial charge in [0.1, 0.15) is 0 Å². The van der Waals surface area contributed by atoms with Crippen LogP contribution in [-0.4, -0.2) is 12.1 Å². The summed E-state index contributed by atoms with van der Waals surface area (Å²) in [6.45, 7) is 9.25. The molecule has 1 nitrogen and oxygen atoms in total. The maximum atomic E-state index is 3.73. The van der Waals surface area contributed by atoms with Gasteiger partial charge in [-0.25, -0.2) is 0 Å². The van der Waals surface area contributed by atoms with Crippen LogP contribution in [0.4, 0.5) is 0 Å². The summed E-state index contributed by atoms with van der Waals surface area (Å²) >= 11 is 0. The van der Waals surface area contributed by atoms with Gasteiger partial charge in [-0.05, 0) is 31.6 Å². The summed E-state index contributed by atoms with van der Waals surface area (Å²) in [4.78, 5) is 0. The third-order valence-corrected chi connectivity index (χ3v) is 3.34. The van der Waals surface area contributed by atoms with Crippen molar-refractivity contribution >= 4 is 0 Å². The lowest BCUT2D eigenvalue weighted by molar-refractivity contribution is 0.334. The predicted molar refractivity (Wildman–Crippen MR) is 54.2 cm³/mol. The van der Waals surface area contributed by atoms with E-state index in [4.69, 9.17) is 0 Å². The molecule has 0 unspecified atom stereocenters. The van der Waals surface area contributed by atoms with E-state index in [-0.39, 0.29) is 0 Å². The molecule has 0 bridgehead atoms. The van der Waals surface area contributed by atoms with Crippen LogP contribution < -0.4 is 5.32 Å². The topological polar surface area (TPSA) is 12.0 Å². The first-order chi connectivity index (χ1) is 5.61. The van der Waals surface area contributed by atoms with Gasteiger partial charge < -0.3 is 5.32 Å². The van der Waals surface area contributed by atoms with Crippen molar-refractivity contribution in [2.24, 2.45) is 11.8 Å². The van der Waals surface area contributed by atoms with Crippen molar-refractivity contribution in [3.05, 3.63) is 0 Å². The van der Waals surface area contributed by atoms with Crippen LogP contribution in [0.1, 0.15) is 47.0 Å². The molecule has 1 N–H and O–H groups in total. The van der Waals surface area contributed by atoms with Gasteiger partial charge in [-0.3, -0.25) is 0 Å². The second-order valence-corrected chi connectivity index (χ2v) is 4.71. The van der Waals surface area contributed by atoms with E-state index in [1.165, 1.54) is 19.3 Å². The van der Waals surface area contributed by atoms with Gasteiger partial charge in [-0.2, -0.15) is 0 Å². The molecule has 0 spiro atoms. The average Bonchev–Trinajstić information content (AvgIpc) is 2.36. The summed E-state index contributed by atoms with van der Waals surface area (Å²) in [6.07, 6.45) is 4.23. The normalized spacial score (nSPS) is 32.8. The second kappa shape index (κ2) is 4.27. The first-order valence-corrected chi connectivity index (χ1v) is 5.37. The lowest BCUT2D eigenvalue weighted by atomic mass is 10.0. The Morgan fingerprint density at radius 1 is 1.17 bits per heavy atom. The molecule has 1 aliphatic carbocycles. The van der Waals surface area contributed by atoms with Crippen molar-refractivity contribution in [1.29, 1.82) is 0 Å². The summed E-state index contributed by atoms with van der Waals surface area (Å²) in [5, 5.41) is 3.73. The average molecular weight is 169 g/mol. The third kappa shape index (κ3) is 2.48. The molecule has 1 heteroatoms. The van der Waals surface area contributed by atoms with Crippen LogP contribution in [-0.2, 0) is 0 Å². The van der Waals surface area contributed by atoms with E-state index in [9.17, 15) is 0 Å². The van der Waals surface area contributed by atoms with Crippen LogP contribution in [0.25, 0.3) is 0 Å². The minimum absolute atomic E-state index is 0.676. The Kier molecular flexibility index (Phi) is 3.57. The lowest BCUT2D eigenvalue weighted by Crippen LogP contribution is -2.40. The molecular weight excluding hydrogens is 146 g/mol. The summed E-state index contributed by atoms with van der Waals surface area (Å²) in [7, 11) is 0. The summed E-state index contributed by atoms with van der Waals surface area (Å²) in [5.41, 5.74) is 0. The maximum absolute atomic E-state index is 3.73. The highest BCUT2D eigenvalue weighted by Gasteiger charge is 2.24. The van der Waals surface area contributed by atoms with E-state index in [1.54, 1.807) is 0 Å². The standard InChI is InChI=1S/C11H23N/c1-8(2)10(4)12-11-7-5-6-9(11)3/h8-12H,5-7H2,1-4H3/t9-,10+,11-/m1/s1. The van der Waals surface area contributed by atoms with Crippen LogP contribution in [0.3, 0.4) is 0 Å². The zero-order valence-corrected chi connectivity index (χ0v) is 8.93. The smallest absolute Gasteiger partial charge is 0.00952 e. The number of nitrogens with one attached hydrogen (secondary N) is 1. The molecular formula is C11H23N. The fourth-order valence-corrected chi connectivity index (χ4v) is 1.92. The zero-order valence-electron chi connectivity index (χ0n) is 8.93. The first-order valence-electron chi connectivity index (χ1n) is 5.37. The van der Waals surface area contributed by atoms with Crippen molar-refractivity contribution in [1.82, 2.24) is 5.32 Å². The van der Waals surface area contributed by atoms with Gasteiger partial charge in [-0.1, -0.05) is 27.2 Å². The van der Waals surface area contributed by atoms with Crippen LogP contribution in [0.2, 0.25) is 0 Å². The van der Waals surface area contributed by atoms with E-state index in [0.717, 1.165) is 17.9 Å². The summed E-state index contributed by atoms with van der Waals surface area (Å²) < 4.78 is 0. The fraction of sp³-hybridized carbons (Fsp3) is 1.00. The SMILES string of the molecule is CC(C)[C@H](C)N[C@@H]1CCC[C@H]1C. The largest absolute Gasteiger partial charge is 0.311 e. The molecule has 0 aromatic heterocycles. The Morgan fingerprint density at radius 3 is 2.25 bits per heavy atom. The van der Waals surface area contributed by atoms with Gasteiger partial charge in [-0.15, -0.1) is 0 Å². The molecule has 0 radical (unpaired) electrons. The van der Waals surface area contributed by atoms with Gasteiger partial charge in [0.15, 0.2) is 0 Å². The van der Waals surface area contributed by atoms with Crippen LogP contribution >= 0.6 is 0 Å². The molecule has 0 aromatic carbocycles. The molecule has 1 saturated carbocycles. The quantitative estimate of drug-likeness (QED) is 0.685. The molecule has 3 atom stereocenters. The van der Waals surface area contributed by atoms with Crippen molar-refractivity contribution in [2.75, 3.05) is 0 Å². The van der Waals surface area contributed by atoms with Crippen LogP contribution in [0.15, 0.2) is 0 Å². The Hall–Kier alpha value is -0.0400. The number of rotatable bonds is 3. The molecule has 12 heavy (non-hydrogen) atoms. The summed E-state index contributed by atoms with van der Waals surface area (Å²) in [5.74, 6) is 1.66. The lowest BCUT2D eigenvalue weighted by Gasteiger charge is -2.25. The van der Waals surface area contributed by atoms with Gasteiger partial charge in [0.05, 0.1) is 0 Å². The van der Waals surface area contributed by atoms with Crippen molar-refractivity contribution in [3.8, 4) is 0 Å². The molecule has 0 saturated heterocycles. The van der Waals surface area contributed by atoms with Gasteiger partial charge in [0.2, 0.25) is 0 Å². The Labute approximate surface area is 76.9 Å². The van der Waals surface area contributed by atoms with Crippen molar-refractivity contribution < 1.29 is 0 Å². The van der Waals surface area contributed by atoms with E-state index < -0.39 is 0 Å². The van der Waals surface area contributed by atoms with Crippen LogP contribution in [0, 0.1) is 11.8 Å². The second-order valence-electron chi connectivity index (χ2n) is 4.71. The minimum Gasteiger partial charge on any atom is -0.311 e. The molecule has 0 heterocycles. The van der Waals surface area contributed by atoms with Gasteiger partial charge in [0.25, 0.3) is 0 Å². The van der Waals surface area contributed by atoms with E-state index in [2.05, 4.69) is 33.0 Å². The Morgan fingerprint density at radius 2 is 1.83 bits per heavy atom. The highest BCUT2D eigenvalue weighted by Crippen LogP contribution is 2.25. The molecule has 1 aliphatic rings. The van der Waals surface area contributed by atoms with Crippen LogP contribution in [0.5, 0.6) is 0 Å². The van der Waals surface area contributed by atoms with E-state index in [0.29, 0.717) is 6.04 Å². The maximum Gasteiger partial charge on any atom is 0.00952 e. The fourth-order valence-electron chi connectivity index (χ4n) is 1.92. The van der Waals surface area contributed by atoms with Crippen molar-refractivity contribution in [2.45, 2.75) is 59.0 Å². The van der Waals surface area contributed by atoms with E-state index >= 15 is 0 Å². The zero-order chi connectivity index (χ0) is 9.14. The highest BCUT2D eigenvalue weighted by atomic mass is 15.0. The Bertz CT molecular complexity index is 131. The molecule has 72 valence electrons. The molecule has 1 fully saturated rings. The third-order valence-electron chi connectivity index (χ3n) is 3.34.